The van der Waals surface area contributed by atoms with Crippen LogP contribution in [-0.4, -0.2) is 41.1 Å². The molecule has 2 aliphatic heterocycles. The second-order valence-electron chi connectivity index (χ2n) is 11.8. The molecule has 2 bridgehead atoms. The van der Waals surface area contributed by atoms with Crippen LogP contribution in [0.15, 0.2) is 42.6 Å². The van der Waals surface area contributed by atoms with Crippen molar-refractivity contribution in [1.29, 1.82) is 0 Å². The highest BCUT2D eigenvalue weighted by Gasteiger charge is 2.48. The average molecular weight is 514 g/mol. The Bertz CT molecular complexity index is 1540. The molecule has 188 valence electrons. The number of halogens is 2. The smallest absolute Gasteiger partial charge is 0.228 e. The Kier molecular flexibility index (Phi) is 4.77. The van der Waals surface area contributed by atoms with E-state index in [1.54, 1.807) is 6.20 Å². The zero-order chi connectivity index (χ0) is 24.7. The van der Waals surface area contributed by atoms with Gasteiger partial charge in [-0.3, -0.25) is 4.98 Å². The van der Waals surface area contributed by atoms with Crippen LogP contribution in [0.1, 0.15) is 38.5 Å². The quantitative estimate of drug-likeness (QED) is 0.299. The summed E-state index contributed by atoms with van der Waals surface area (Å²) in [6, 6.07) is 11.6. The fourth-order valence-corrected chi connectivity index (χ4v) is 7.66. The third kappa shape index (κ3) is 3.37. The molecule has 0 amide bonds. The Labute approximate surface area is 220 Å². The molecule has 2 aromatic heterocycles. The van der Waals surface area contributed by atoms with Gasteiger partial charge in [0.25, 0.3) is 0 Å². The van der Waals surface area contributed by atoms with Crippen LogP contribution >= 0.6 is 11.6 Å². The molecule has 0 radical (unpaired) electrons. The number of fused-ring (bicyclic) bond motifs is 4. The summed E-state index contributed by atoms with van der Waals surface area (Å²) < 4.78 is 16.5. The minimum atomic E-state index is -0.395. The van der Waals surface area contributed by atoms with E-state index >= 15 is 4.39 Å². The fraction of sp³-hybridized carbons (Fsp3) is 0.433. The Morgan fingerprint density at radius 1 is 0.946 bits per heavy atom. The van der Waals surface area contributed by atoms with Crippen molar-refractivity contribution in [2.75, 3.05) is 36.0 Å². The number of hydrogen-bond donors (Lipinski definition) is 0. The third-order valence-electron chi connectivity index (χ3n) is 9.42. The predicted molar refractivity (Wildman–Crippen MR) is 147 cm³/mol. The lowest BCUT2D eigenvalue weighted by atomic mass is 9.64. The van der Waals surface area contributed by atoms with E-state index in [0.717, 1.165) is 42.8 Å². The number of anilines is 2. The van der Waals surface area contributed by atoms with Crippen molar-refractivity contribution in [3.8, 4) is 11.3 Å². The predicted octanol–water partition coefficient (Wildman–Crippen LogP) is 6.86. The van der Waals surface area contributed by atoms with Gasteiger partial charge in [-0.1, -0.05) is 48.4 Å². The maximum atomic E-state index is 16.5. The molecule has 2 aliphatic carbocycles. The number of benzene rings is 2. The lowest BCUT2D eigenvalue weighted by Gasteiger charge is -2.56. The minimum Gasteiger partial charge on any atom is -0.355 e. The van der Waals surface area contributed by atoms with Crippen LogP contribution in [-0.2, 0) is 0 Å². The number of aromatic nitrogens is 3. The van der Waals surface area contributed by atoms with Gasteiger partial charge in [-0.15, -0.1) is 0 Å². The largest absolute Gasteiger partial charge is 0.355 e. The van der Waals surface area contributed by atoms with Crippen LogP contribution < -0.4 is 9.80 Å². The van der Waals surface area contributed by atoms with Gasteiger partial charge >= 0.3 is 0 Å². The van der Waals surface area contributed by atoms with Crippen LogP contribution in [0.3, 0.4) is 0 Å². The van der Waals surface area contributed by atoms with Crippen molar-refractivity contribution in [3.05, 3.63) is 53.4 Å². The summed E-state index contributed by atoms with van der Waals surface area (Å²) in [4.78, 5) is 19.3. The van der Waals surface area contributed by atoms with Gasteiger partial charge in [0.05, 0.1) is 5.39 Å². The molecule has 0 N–H and O–H groups in total. The maximum Gasteiger partial charge on any atom is 0.228 e. The van der Waals surface area contributed by atoms with Gasteiger partial charge in [-0.2, -0.15) is 4.98 Å². The molecular weight excluding hydrogens is 485 g/mol. The van der Waals surface area contributed by atoms with Gasteiger partial charge in [-0.05, 0) is 55.4 Å². The van der Waals surface area contributed by atoms with Crippen molar-refractivity contribution >= 4 is 45.0 Å². The maximum absolute atomic E-state index is 16.5. The highest BCUT2D eigenvalue weighted by atomic mass is 35.5. The highest BCUT2D eigenvalue weighted by Crippen LogP contribution is 2.49. The second-order valence-corrected chi connectivity index (χ2v) is 12.2. The zero-order valence-electron chi connectivity index (χ0n) is 20.8. The number of pyridine rings is 1. The van der Waals surface area contributed by atoms with Gasteiger partial charge in [-0.25, -0.2) is 9.37 Å². The van der Waals surface area contributed by atoms with Crippen LogP contribution in [0.4, 0.5) is 16.2 Å². The van der Waals surface area contributed by atoms with Crippen LogP contribution in [0.5, 0.6) is 0 Å². The van der Waals surface area contributed by atoms with Gasteiger partial charge < -0.3 is 9.80 Å². The summed E-state index contributed by atoms with van der Waals surface area (Å²) in [5.74, 6) is 2.51. The molecule has 4 fully saturated rings. The molecule has 2 atom stereocenters. The van der Waals surface area contributed by atoms with E-state index < -0.39 is 5.82 Å². The van der Waals surface area contributed by atoms with E-state index in [4.69, 9.17) is 21.6 Å². The highest BCUT2D eigenvalue weighted by molar-refractivity contribution is 6.36. The standard InChI is InChI=1S/C30H29ClFN5/c31-23-7-2-5-20-4-1-6-21(24(20)23)26-25(32)27-22(13-33-26)28(36-14-18-8-9-19(12-18)15-36)35-29(34-27)37-16-30(17-37)10-3-11-30/h1-2,4-7,13,18-19H,3,8-12,14-17H2. The SMILES string of the molecule is Fc1c(-c2cccc3cccc(Cl)c23)ncc2c(N3CC4CCC(C4)C3)nc(N3CC4(CCC4)C3)nc12. The second kappa shape index (κ2) is 8.00. The van der Waals surface area contributed by atoms with E-state index in [1.807, 2.05) is 36.4 Å². The molecule has 4 heterocycles. The van der Waals surface area contributed by atoms with E-state index in [0.29, 0.717) is 50.4 Å². The van der Waals surface area contributed by atoms with Crippen molar-refractivity contribution in [3.63, 3.8) is 0 Å². The average Bonchev–Trinajstić information content (AvgIpc) is 3.19. The Morgan fingerprint density at radius 3 is 2.43 bits per heavy atom. The van der Waals surface area contributed by atoms with E-state index in [1.165, 1.54) is 38.5 Å². The summed E-state index contributed by atoms with van der Waals surface area (Å²) in [7, 11) is 0. The van der Waals surface area contributed by atoms with Gasteiger partial charge in [0.2, 0.25) is 5.95 Å². The Morgan fingerprint density at radius 2 is 1.70 bits per heavy atom. The summed E-state index contributed by atoms with van der Waals surface area (Å²) in [6.45, 7) is 3.91. The summed E-state index contributed by atoms with van der Waals surface area (Å²) in [6.07, 6.45) is 9.52. The number of piperidine rings is 1. The van der Waals surface area contributed by atoms with Crippen molar-refractivity contribution in [2.24, 2.45) is 17.3 Å². The molecule has 2 aromatic carbocycles. The summed E-state index contributed by atoms with van der Waals surface area (Å²) >= 11 is 6.59. The fourth-order valence-electron chi connectivity index (χ4n) is 7.37. The van der Waals surface area contributed by atoms with Crippen LogP contribution in [0.2, 0.25) is 5.02 Å². The molecular formula is C30H29ClFN5. The molecule has 2 saturated heterocycles. The summed E-state index contributed by atoms with van der Waals surface area (Å²) in [5, 5.41) is 3.07. The molecule has 2 unspecified atom stereocenters. The van der Waals surface area contributed by atoms with Crippen molar-refractivity contribution < 1.29 is 4.39 Å². The number of nitrogens with zero attached hydrogens (tertiary/aromatic N) is 5. The van der Waals surface area contributed by atoms with E-state index in [-0.39, 0.29) is 0 Å². The minimum absolute atomic E-state index is 0.291. The number of rotatable bonds is 3. The lowest BCUT2D eigenvalue weighted by Crippen LogP contribution is -2.60. The molecule has 5 nitrogen and oxygen atoms in total. The van der Waals surface area contributed by atoms with Gasteiger partial charge in [0, 0.05) is 53.8 Å². The molecule has 2 saturated carbocycles. The number of hydrogen-bond acceptors (Lipinski definition) is 5. The molecule has 7 heteroatoms. The van der Waals surface area contributed by atoms with Gasteiger partial charge in [0.15, 0.2) is 5.82 Å². The molecule has 8 rings (SSSR count). The van der Waals surface area contributed by atoms with E-state index in [2.05, 4.69) is 14.8 Å². The first-order chi connectivity index (χ1) is 18.1. The van der Waals surface area contributed by atoms with Crippen molar-refractivity contribution in [1.82, 2.24) is 15.0 Å². The molecule has 4 aromatic rings. The van der Waals surface area contributed by atoms with Crippen LogP contribution in [0.25, 0.3) is 32.9 Å². The van der Waals surface area contributed by atoms with Gasteiger partial charge in [0.1, 0.15) is 17.0 Å². The first kappa shape index (κ1) is 22.0. The lowest BCUT2D eigenvalue weighted by molar-refractivity contribution is 0.0889. The zero-order valence-corrected chi connectivity index (χ0v) is 21.5. The molecule has 4 aliphatic rings. The first-order valence-corrected chi connectivity index (χ1v) is 14.0. The molecule has 37 heavy (non-hydrogen) atoms. The monoisotopic (exact) mass is 513 g/mol. The van der Waals surface area contributed by atoms with Crippen LogP contribution in [0, 0.1) is 23.1 Å². The third-order valence-corrected chi connectivity index (χ3v) is 9.73. The first-order valence-electron chi connectivity index (χ1n) is 13.6. The Balaban J connectivity index is 1.30. The Hall–Kier alpha value is -2.99. The molecule has 1 spiro atoms. The van der Waals surface area contributed by atoms with E-state index in [9.17, 15) is 0 Å². The van der Waals surface area contributed by atoms with Crippen molar-refractivity contribution in [2.45, 2.75) is 38.5 Å². The normalized spacial score (nSPS) is 24.1. The topological polar surface area (TPSA) is 45.2 Å². The summed E-state index contributed by atoms with van der Waals surface area (Å²) in [5.41, 5.74) is 1.78.